The van der Waals surface area contributed by atoms with E-state index < -0.39 is 11.7 Å². The first kappa shape index (κ1) is 31.0. The van der Waals surface area contributed by atoms with E-state index in [4.69, 9.17) is 4.74 Å². The Balaban J connectivity index is 1.10. The van der Waals surface area contributed by atoms with Crippen molar-refractivity contribution in [1.29, 1.82) is 0 Å². The second kappa shape index (κ2) is 13.9. The Morgan fingerprint density at radius 3 is 2.39 bits per heavy atom. The highest BCUT2D eigenvalue weighted by molar-refractivity contribution is 5.92. The van der Waals surface area contributed by atoms with E-state index in [1.165, 1.54) is 23.0 Å². The monoisotopic (exact) mass is 609 g/mol. The summed E-state index contributed by atoms with van der Waals surface area (Å²) >= 11 is 0. The van der Waals surface area contributed by atoms with E-state index in [1.807, 2.05) is 0 Å². The maximum absolute atomic E-state index is 12.8. The van der Waals surface area contributed by atoms with Crippen molar-refractivity contribution in [3.63, 3.8) is 0 Å². The predicted octanol–water partition coefficient (Wildman–Crippen LogP) is 4.41. The van der Waals surface area contributed by atoms with E-state index in [1.54, 1.807) is 36.5 Å². The van der Waals surface area contributed by atoms with Crippen molar-refractivity contribution in [2.75, 3.05) is 51.6 Å². The summed E-state index contributed by atoms with van der Waals surface area (Å²) < 4.78 is 45.6. The van der Waals surface area contributed by atoms with Crippen molar-refractivity contribution in [1.82, 2.24) is 29.7 Å². The van der Waals surface area contributed by atoms with Crippen LogP contribution in [-0.2, 0) is 24.0 Å². The average Bonchev–Trinajstić information content (AvgIpc) is 3.45. The summed E-state index contributed by atoms with van der Waals surface area (Å²) in [4.78, 5) is 38.6. The van der Waals surface area contributed by atoms with Gasteiger partial charge in [-0.2, -0.15) is 13.2 Å². The van der Waals surface area contributed by atoms with E-state index in [-0.39, 0.29) is 25.0 Å². The third-order valence-corrected chi connectivity index (χ3v) is 7.47. The minimum absolute atomic E-state index is 0.0611. The highest BCUT2D eigenvalue weighted by Gasteiger charge is 2.30. The minimum atomic E-state index is -4.42. The van der Waals surface area contributed by atoms with Gasteiger partial charge in [0.15, 0.2) is 5.65 Å². The molecule has 0 bridgehead atoms. The van der Waals surface area contributed by atoms with Crippen LogP contribution in [0.15, 0.2) is 67.1 Å². The van der Waals surface area contributed by atoms with Crippen LogP contribution in [0.2, 0.25) is 0 Å². The van der Waals surface area contributed by atoms with E-state index >= 15 is 0 Å². The van der Waals surface area contributed by atoms with Crippen molar-refractivity contribution in [2.24, 2.45) is 0 Å². The SMILES string of the molecule is CN1CCN(CCCNC(=O)n2ccc3c(COc4ccc(NC(=O)Cc5ccc(C(F)(F)F)cc5)cc4)ncnc32)CC1. The molecule has 3 heterocycles. The number of nitrogens with one attached hydrogen (secondary N) is 2. The van der Waals surface area contributed by atoms with Gasteiger partial charge in [-0.05, 0) is 68.0 Å². The summed E-state index contributed by atoms with van der Waals surface area (Å²) in [7, 11) is 2.13. The zero-order chi connectivity index (χ0) is 31.1. The smallest absolute Gasteiger partial charge is 0.416 e. The molecule has 5 rings (SSSR count). The van der Waals surface area contributed by atoms with Gasteiger partial charge in [0.2, 0.25) is 5.91 Å². The molecule has 13 heteroatoms. The Bertz CT molecular complexity index is 1570. The summed E-state index contributed by atoms with van der Waals surface area (Å²) in [5.74, 6) is 0.181. The highest BCUT2D eigenvalue weighted by atomic mass is 19.4. The number of amides is 2. The van der Waals surface area contributed by atoms with E-state index in [0.29, 0.717) is 40.3 Å². The van der Waals surface area contributed by atoms with Gasteiger partial charge >= 0.3 is 12.2 Å². The number of carbonyl (C=O) groups is 2. The molecule has 2 N–H and O–H groups in total. The van der Waals surface area contributed by atoms with Crippen molar-refractivity contribution < 1.29 is 27.5 Å². The predicted molar refractivity (Wildman–Crippen MR) is 159 cm³/mol. The Morgan fingerprint density at radius 2 is 1.68 bits per heavy atom. The summed E-state index contributed by atoms with van der Waals surface area (Å²) in [6.07, 6.45) is -0.553. The van der Waals surface area contributed by atoms with Crippen LogP contribution in [0.5, 0.6) is 5.75 Å². The van der Waals surface area contributed by atoms with Crippen LogP contribution < -0.4 is 15.4 Å². The van der Waals surface area contributed by atoms with E-state index in [2.05, 4.69) is 37.4 Å². The number of alkyl halides is 3. The van der Waals surface area contributed by atoms with Crippen LogP contribution in [0.25, 0.3) is 11.0 Å². The van der Waals surface area contributed by atoms with Gasteiger partial charge in [0, 0.05) is 50.0 Å². The molecule has 0 atom stereocenters. The van der Waals surface area contributed by atoms with E-state index in [0.717, 1.165) is 51.3 Å². The number of piperazine rings is 1. The van der Waals surface area contributed by atoms with Crippen LogP contribution >= 0.6 is 0 Å². The quantitative estimate of drug-likeness (QED) is 0.257. The molecular weight excluding hydrogens is 575 g/mol. The number of anilines is 1. The first-order chi connectivity index (χ1) is 21.2. The molecule has 4 aromatic rings. The molecule has 2 amide bonds. The molecule has 0 saturated carbocycles. The van der Waals surface area contributed by atoms with Crippen LogP contribution in [0.1, 0.15) is 23.2 Å². The Labute approximate surface area is 252 Å². The topological polar surface area (TPSA) is 105 Å². The fourth-order valence-corrected chi connectivity index (χ4v) is 4.93. The molecular formula is C31H34F3N7O3. The van der Waals surface area contributed by atoms with Gasteiger partial charge in [-0.3, -0.25) is 9.36 Å². The molecule has 0 radical (unpaired) electrons. The summed E-state index contributed by atoms with van der Waals surface area (Å²) in [6, 6.07) is 12.7. The second-order valence-electron chi connectivity index (χ2n) is 10.7. The fraction of sp³-hybridized carbons (Fsp3) is 0.355. The number of halogens is 3. The Morgan fingerprint density at radius 1 is 0.955 bits per heavy atom. The number of aromatic nitrogens is 3. The average molecular weight is 610 g/mol. The number of benzene rings is 2. The third kappa shape index (κ3) is 8.11. The largest absolute Gasteiger partial charge is 0.487 e. The zero-order valence-electron chi connectivity index (χ0n) is 24.3. The van der Waals surface area contributed by atoms with Gasteiger partial charge in [-0.25, -0.2) is 14.8 Å². The molecule has 1 aliphatic rings. The maximum Gasteiger partial charge on any atom is 0.416 e. The number of carbonyl (C=O) groups excluding carboxylic acids is 2. The zero-order valence-corrected chi connectivity index (χ0v) is 24.3. The van der Waals surface area contributed by atoms with Gasteiger partial charge in [0.25, 0.3) is 0 Å². The number of rotatable bonds is 10. The molecule has 1 fully saturated rings. The van der Waals surface area contributed by atoms with Crippen molar-refractivity contribution in [3.8, 4) is 5.75 Å². The number of likely N-dealkylation sites (N-methyl/N-ethyl adjacent to an activating group) is 1. The summed E-state index contributed by atoms with van der Waals surface area (Å²) in [6.45, 7) is 5.86. The first-order valence-corrected chi connectivity index (χ1v) is 14.3. The second-order valence-corrected chi connectivity index (χ2v) is 10.7. The van der Waals surface area contributed by atoms with Crippen LogP contribution in [0.3, 0.4) is 0 Å². The Hall–Kier alpha value is -4.49. The Kier molecular flexibility index (Phi) is 9.75. The standard InChI is InChI=1S/C31H34F3N7O3/c1-39-15-17-40(18-16-39)13-2-12-35-30(43)41-14-11-26-27(36-21-37-29(26)41)20-44-25-9-7-24(8-10-25)38-28(42)19-22-3-5-23(6-4-22)31(32,33)34/h3-11,14,21H,2,12-13,15-20H2,1H3,(H,35,43)(H,38,42). The molecule has 10 nitrogen and oxygen atoms in total. The molecule has 1 aliphatic heterocycles. The van der Waals surface area contributed by atoms with Crippen LogP contribution in [0, 0.1) is 0 Å². The lowest BCUT2D eigenvalue weighted by Crippen LogP contribution is -2.45. The lowest BCUT2D eigenvalue weighted by atomic mass is 10.1. The molecule has 2 aromatic carbocycles. The van der Waals surface area contributed by atoms with Gasteiger partial charge in [-0.1, -0.05) is 12.1 Å². The molecule has 0 unspecified atom stereocenters. The maximum atomic E-state index is 12.8. The molecule has 0 aliphatic carbocycles. The molecule has 0 spiro atoms. The minimum Gasteiger partial charge on any atom is -0.487 e. The third-order valence-electron chi connectivity index (χ3n) is 7.47. The van der Waals surface area contributed by atoms with Gasteiger partial charge < -0.3 is 25.2 Å². The summed E-state index contributed by atoms with van der Waals surface area (Å²) in [5, 5.41) is 6.40. The fourth-order valence-electron chi connectivity index (χ4n) is 4.93. The van der Waals surface area contributed by atoms with Gasteiger partial charge in [-0.15, -0.1) is 0 Å². The normalized spacial score (nSPS) is 14.5. The lowest BCUT2D eigenvalue weighted by Gasteiger charge is -2.32. The number of nitrogens with zero attached hydrogens (tertiary/aromatic N) is 5. The first-order valence-electron chi connectivity index (χ1n) is 14.3. The lowest BCUT2D eigenvalue weighted by molar-refractivity contribution is -0.137. The summed E-state index contributed by atoms with van der Waals surface area (Å²) in [5.41, 5.74) is 1.34. The van der Waals surface area contributed by atoms with E-state index in [9.17, 15) is 22.8 Å². The van der Waals surface area contributed by atoms with Crippen LogP contribution in [-0.4, -0.2) is 82.6 Å². The van der Waals surface area contributed by atoms with Crippen molar-refractivity contribution in [3.05, 3.63) is 83.9 Å². The van der Waals surface area contributed by atoms with Crippen LogP contribution in [0.4, 0.5) is 23.7 Å². The number of ether oxygens (including phenoxy) is 1. The number of fused-ring (bicyclic) bond motifs is 1. The number of hydrogen-bond donors (Lipinski definition) is 2. The van der Waals surface area contributed by atoms with Gasteiger partial charge in [0.05, 0.1) is 17.7 Å². The molecule has 2 aromatic heterocycles. The van der Waals surface area contributed by atoms with Crippen molar-refractivity contribution in [2.45, 2.75) is 25.6 Å². The highest BCUT2D eigenvalue weighted by Crippen LogP contribution is 2.29. The molecule has 1 saturated heterocycles. The number of hydrogen-bond acceptors (Lipinski definition) is 7. The van der Waals surface area contributed by atoms with Crippen molar-refractivity contribution >= 4 is 28.7 Å². The van der Waals surface area contributed by atoms with Gasteiger partial charge in [0.1, 0.15) is 18.7 Å². The molecule has 232 valence electrons. The molecule has 44 heavy (non-hydrogen) atoms.